The van der Waals surface area contributed by atoms with E-state index in [1.165, 1.54) is 11.1 Å². The van der Waals surface area contributed by atoms with Crippen LogP contribution in [0.1, 0.15) is 21.6 Å². The monoisotopic (exact) mass is 199 g/mol. The van der Waals surface area contributed by atoms with E-state index in [4.69, 9.17) is 0 Å². The second kappa shape index (κ2) is 3.73. The third-order valence-electron chi connectivity index (χ3n) is 2.74. The molecule has 1 aromatic carbocycles. The lowest BCUT2D eigenvalue weighted by molar-refractivity contribution is 0.111. The minimum Gasteiger partial charge on any atom is -0.314 e. The van der Waals surface area contributed by atoms with Crippen LogP contribution in [0.2, 0.25) is 0 Å². The molecule has 1 aromatic heterocycles. The van der Waals surface area contributed by atoms with Gasteiger partial charge in [0.15, 0.2) is 6.29 Å². The smallest absolute Gasteiger partial charge is 0.166 e. The Morgan fingerprint density at radius 1 is 1.13 bits per heavy atom. The van der Waals surface area contributed by atoms with Gasteiger partial charge in [0, 0.05) is 11.9 Å². The van der Waals surface area contributed by atoms with Crippen molar-refractivity contribution >= 4 is 6.29 Å². The van der Waals surface area contributed by atoms with Crippen LogP contribution >= 0.6 is 0 Å². The molecule has 2 nitrogen and oxygen atoms in total. The van der Waals surface area contributed by atoms with Crippen LogP contribution in [0.4, 0.5) is 0 Å². The van der Waals surface area contributed by atoms with Crippen LogP contribution in [0.5, 0.6) is 0 Å². The highest BCUT2D eigenvalue weighted by Crippen LogP contribution is 2.18. The summed E-state index contributed by atoms with van der Waals surface area (Å²) in [5.74, 6) is 0. The highest BCUT2D eigenvalue weighted by atomic mass is 16.1. The number of rotatable bonds is 2. The maximum Gasteiger partial charge on any atom is 0.166 e. The predicted molar refractivity (Wildman–Crippen MR) is 60.6 cm³/mol. The van der Waals surface area contributed by atoms with Gasteiger partial charge in [-0.2, -0.15) is 0 Å². The van der Waals surface area contributed by atoms with E-state index in [9.17, 15) is 4.79 Å². The van der Waals surface area contributed by atoms with Gasteiger partial charge in [0.25, 0.3) is 0 Å². The minimum absolute atomic E-state index is 0.684. The van der Waals surface area contributed by atoms with Crippen molar-refractivity contribution in [3.05, 3.63) is 53.3 Å². The van der Waals surface area contributed by atoms with Crippen molar-refractivity contribution in [2.45, 2.75) is 13.8 Å². The van der Waals surface area contributed by atoms with Gasteiger partial charge in [-0.05, 0) is 43.2 Å². The Kier molecular flexibility index (Phi) is 2.42. The first-order valence-electron chi connectivity index (χ1n) is 4.93. The third-order valence-corrected chi connectivity index (χ3v) is 2.74. The fourth-order valence-electron chi connectivity index (χ4n) is 1.71. The van der Waals surface area contributed by atoms with Gasteiger partial charge in [0.2, 0.25) is 0 Å². The van der Waals surface area contributed by atoms with Crippen molar-refractivity contribution in [2.75, 3.05) is 0 Å². The number of hydrogen-bond acceptors (Lipinski definition) is 1. The molecule has 0 atom stereocenters. The molecule has 0 fully saturated rings. The Labute approximate surface area is 89.2 Å². The molecule has 0 aliphatic heterocycles. The Balaban J connectivity index is 2.64. The van der Waals surface area contributed by atoms with Crippen LogP contribution in [0.15, 0.2) is 36.5 Å². The van der Waals surface area contributed by atoms with Crippen LogP contribution in [0, 0.1) is 13.8 Å². The topological polar surface area (TPSA) is 22.0 Å². The number of hydrogen-bond donors (Lipinski definition) is 0. The molecule has 0 amide bonds. The van der Waals surface area contributed by atoms with Crippen molar-refractivity contribution in [1.82, 2.24) is 4.57 Å². The fraction of sp³-hybridized carbons (Fsp3) is 0.154. The van der Waals surface area contributed by atoms with E-state index in [0.29, 0.717) is 5.69 Å². The highest BCUT2D eigenvalue weighted by molar-refractivity contribution is 5.74. The fourth-order valence-corrected chi connectivity index (χ4v) is 1.71. The predicted octanol–water partition coefficient (Wildman–Crippen LogP) is 2.91. The van der Waals surface area contributed by atoms with E-state index in [-0.39, 0.29) is 0 Å². The summed E-state index contributed by atoms with van der Waals surface area (Å²) in [4.78, 5) is 10.8. The summed E-state index contributed by atoms with van der Waals surface area (Å²) in [5.41, 5.74) is 4.20. The van der Waals surface area contributed by atoms with Crippen molar-refractivity contribution in [2.24, 2.45) is 0 Å². The summed E-state index contributed by atoms with van der Waals surface area (Å²) in [7, 11) is 0. The first-order chi connectivity index (χ1) is 7.24. The van der Waals surface area contributed by atoms with E-state index in [2.05, 4.69) is 19.9 Å². The molecular weight excluding hydrogens is 186 g/mol. The van der Waals surface area contributed by atoms with Crippen LogP contribution < -0.4 is 0 Å². The quantitative estimate of drug-likeness (QED) is 0.681. The van der Waals surface area contributed by atoms with Gasteiger partial charge in [0.1, 0.15) is 0 Å². The summed E-state index contributed by atoms with van der Waals surface area (Å²) in [5, 5.41) is 0. The zero-order valence-corrected chi connectivity index (χ0v) is 8.90. The number of aromatic nitrogens is 1. The summed E-state index contributed by atoms with van der Waals surface area (Å²) in [6, 6.07) is 9.80. The number of nitrogens with zero attached hydrogens (tertiary/aromatic N) is 1. The first kappa shape index (κ1) is 9.71. The van der Waals surface area contributed by atoms with E-state index < -0.39 is 0 Å². The van der Waals surface area contributed by atoms with Crippen molar-refractivity contribution in [1.29, 1.82) is 0 Å². The number of carbonyl (C=O) groups is 1. The molecule has 0 radical (unpaired) electrons. The molecule has 0 saturated heterocycles. The molecule has 0 N–H and O–H groups in total. The molecular formula is C13H13NO. The van der Waals surface area contributed by atoms with Gasteiger partial charge in [0.05, 0.1) is 5.69 Å². The molecule has 0 saturated carbocycles. The van der Waals surface area contributed by atoms with E-state index in [1.54, 1.807) is 0 Å². The summed E-state index contributed by atoms with van der Waals surface area (Å²) < 4.78 is 1.91. The second-order valence-corrected chi connectivity index (χ2v) is 3.64. The van der Waals surface area contributed by atoms with Gasteiger partial charge >= 0.3 is 0 Å². The summed E-state index contributed by atoms with van der Waals surface area (Å²) in [6.45, 7) is 4.14. The Hall–Kier alpha value is -1.83. The molecule has 2 aromatic rings. The van der Waals surface area contributed by atoms with E-state index >= 15 is 0 Å². The van der Waals surface area contributed by atoms with Crippen molar-refractivity contribution in [3.8, 4) is 5.69 Å². The second-order valence-electron chi connectivity index (χ2n) is 3.64. The molecule has 0 unspecified atom stereocenters. The minimum atomic E-state index is 0.684. The highest BCUT2D eigenvalue weighted by Gasteiger charge is 2.05. The molecule has 2 heteroatoms. The normalized spacial score (nSPS) is 10.3. The number of aldehydes is 1. The largest absolute Gasteiger partial charge is 0.314 e. The van der Waals surface area contributed by atoms with E-state index in [1.807, 2.05) is 35.0 Å². The molecule has 0 bridgehead atoms. The summed E-state index contributed by atoms with van der Waals surface area (Å²) >= 11 is 0. The van der Waals surface area contributed by atoms with Crippen molar-refractivity contribution in [3.63, 3.8) is 0 Å². The van der Waals surface area contributed by atoms with Crippen LogP contribution in [-0.2, 0) is 0 Å². The molecule has 0 spiro atoms. The van der Waals surface area contributed by atoms with Gasteiger partial charge in [-0.25, -0.2) is 0 Å². The lowest BCUT2D eigenvalue weighted by atomic mass is 10.1. The lowest BCUT2D eigenvalue weighted by Gasteiger charge is -2.10. The van der Waals surface area contributed by atoms with Gasteiger partial charge in [-0.1, -0.05) is 12.1 Å². The number of carbonyl (C=O) groups excluding carboxylic acids is 1. The van der Waals surface area contributed by atoms with Gasteiger partial charge in [-0.3, -0.25) is 4.79 Å². The van der Waals surface area contributed by atoms with E-state index in [0.717, 1.165) is 12.0 Å². The molecule has 15 heavy (non-hydrogen) atoms. The van der Waals surface area contributed by atoms with Gasteiger partial charge in [-0.15, -0.1) is 0 Å². The average Bonchev–Trinajstić information content (AvgIpc) is 2.70. The summed E-state index contributed by atoms with van der Waals surface area (Å²) in [6.07, 6.45) is 2.78. The Morgan fingerprint density at radius 2 is 1.93 bits per heavy atom. The Morgan fingerprint density at radius 3 is 2.67 bits per heavy atom. The molecule has 0 aliphatic rings. The molecule has 76 valence electrons. The number of aryl methyl sites for hydroxylation is 1. The zero-order chi connectivity index (χ0) is 10.8. The zero-order valence-electron chi connectivity index (χ0n) is 8.90. The van der Waals surface area contributed by atoms with Crippen LogP contribution in [0.3, 0.4) is 0 Å². The van der Waals surface area contributed by atoms with Gasteiger partial charge < -0.3 is 4.57 Å². The molecule has 0 aliphatic carbocycles. The number of benzene rings is 1. The first-order valence-corrected chi connectivity index (χ1v) is 4.93. The standard InChI is InChI=1S/C13H13NO/c1-10-5-3-7-13(11(10)2)14-8-4-6-12(14)9-15/h3-9H,1-2H3. The third kappa shape index (κ3) is 1.59. The Bertz CT molecular complexity index is 497. The maximum absolute atomic E-state index is 10.8. The van der Waals surface area contributed by atoms with Crippen molar-refractivity contribution < 1.29 is 4.79 Å². The molecule has 2 rings (SSSR count). The van der Waals surface area contributed by atoms with Crippen LogP contribution in [0.25, 0.3) is 5.69 Å². The van der Waals surface area contributed by atoms with Crippen LogP contribution in [-0.4, -0.2) is 10.9 Å². The lowest BCUT2D eigenvalue weighted by Crippen LogP contribution is -2.00. The maximum atomic E-state index is 10.8. The molecule has 1 heterocycles. The SMILES string of the molecule is Cc1cccc(-n2cccc2C=O)c1C. The average molecular weight is 199 g/mol.